The number of aliphatic hydroxyl groups excluding tert-OH is 1. The van der Waals surface area contributed by atoms with E-state index in [9.17, 15) is 5.11 Å². The summed E-state index contributed by atoms with van der Waals surface area (Å²) < 4.78 is 5.34. The van der Waals surface area contributed by atoms with E-state index in [1.165, 1.54) is 22.3 Å². The van der Waals surface area contributed by atoms with Crippen molar-refractivity contribution in [3.8, 4) is 5.75 Å². The molecule has 3 N–H and O–H groups in total. The van der Waals surface area contributed by atoms with Crippen LogP contribution in [0.15, 0.2) is 6.07 Å². The minimum absolute atomic E-state index is 0.327. The molecule has 1 aromatic carbocycles. The summed E-state index contributed by atoms with van der Waals surface area (Å²) in [5.74, 6) is 0.933. The van der Waals surface area contributed by atoms with Gasteiger partial charge in [0.25, 0.3) is 0 Å². The summed E-state index contributed by atoms with van der Waals surface area (Å²) in [7, 11) is 1.69. The molecular formula is C14H23NO2. The molecule has 0 amide bonds. The van der Waals surface area contributed by atoms with Gasteiger partial charge in [0.05, 0.1) is 13.2 Å². The highest BCUT2D eigenvalue weighted by Gasteiger charge is 2.11. The van der Waals surface area contributed by atoms with Crippen LogP contribution in [-0.2, 0) is 6.42 Å². The first kappa shape index (κ1) is 14.0. The van der Waals surface area contributed by atoms with Gasteiger partial charge in [0.2, 0.25) is 0 Å². The molecule has 0 aliphatic rings. The molecule has 1 rings (SSSR count). The lowest BCUT2D eigenvalue weighted by molar-refractivity contribution is 0.173. The smallest absolute Gasteiger partial charge is 0.122 e. The van der Waals surface area contributed by atoms with Crippen molar-refractivity contribution in [2.45, 2.75) is 39.7 Å². The Labute approximate surface area is 104 Å². The third-order valence-electron chi connectivity index (χ3n) is 3.43. The molecule has 0 spiro atoms. The fourth-order valence-corrected chi connectivity index (χ4v) is 2.12. The van der Waals surface area contributed by atoms with E-state index in [4.69, 9.17) is 10.5 Å². The average Bonchev–Trinajstić information content (AvgIpc) is 2.33. The van der Waals surface area contributed by atoms with Gasteiger partial charge >= 0.3 is 0 Å². The highest BCUT2D eigenvalue weighted by molar-refractivity contribution is 5.48. The Morgan fingerprint density at radius 1 is 1.29 bits per heavy atom. The molecule has 0 saturated heterocycles. The summed E-state index contributed by atoms with van der Waals surface area (Å²) >= 11 is 0. The van der Waals surface area contributed by atoms with E-state index in [-0.39, 0.29) is 0 Å². The van der Waals surface area contributed by atoms with Gasteiger partial charge in [-0.05, 0) is 61.9 Å². The molecule has 3 heteroatoms. The number of ether oxygens (including phenoxy) is 1. The van der Waals surface area contributed by atoms with Gasteiger partial charge < -0.3 is 15.6 Å². The Bertz CT molecular complexity index is 388. The normalized spacial score (nSPS) is 12.6. The second kappa shape index (κ2) is 6.03. The van der Waals surface area contributed by atoms with Crippen molar-refractivity contribution < 1.29 is 9.84 Å². The van der Waals surface area contributed by atoms with Gasteiger partial charge in [0, 0.05) is 6.54 Å². The number of aliphatic hydroxyl groups is 1. The van der Waals surface area contributed by atoms with E-state index >= 15 is 0 Å². The maximum Gasteiger partial charge on any atom is 0.122 e. The monoisotopic (exact) mass is 237 g/mol. The zero-order valence-corrected chi connectivity index (χ0v) is 11.2. The molecule has 0 heterocycles. The van der Waals surface area contributed by atoms with Crippen molar-refractivity contribution in [2.75, 3.05) is 13.7 Å². The average molecular weight is 237 g/mol. The van der Waals surface area contributed by atoms with Crippen molar-refractivity contribution in [1.82, 2.24) is 0 Å². The van der Waals surface area contributed by atoms with Crippen molar-refractivity contribution >= 4 is 0 Å². The van der Waals surface area contributed by atoms with Crippen LogP contribution in [0, 0.1) is 20.8 Å². The summed E-state index contributed by atoms with van der Waals surface area (Å²) in [6.45, 7) is 6.58. The molecule has 17 heavy (non-hydrogen) atoms. The van der Waals surface area contributed by atoms with Crippen LogP contribution in [0.4, 0.5) is 0 Å². The molecule has 0 bridgehead atoms. The third-order valence-corrected chi connectivity index (χ3v) is 3.43. The van der Waals surface area contributed by atoms with Crippen LogP contribution in [0.1, 0.15) is 28.7 Å². The van der Waals surface area contributed by atoms with Gasteiger partial charge in [0.1, 0.15) is 5.75 Å². The fourth-order valence-electron chi connectivity index (χ4n) is 2.12. The molecule has 0 fully saturated rings. The molecule has 1 atom stereocenters. The predicted octanol–water partition coefficient (Wildman–Crippen LogP) is 1.87. The lowest BCUT2D eigenvalue weighted by Crippen LogP contribution is -2.20. The van der Waals surface area contributed by atoms with Crippen LogP contribution in [0.3, 0.4) is 0 Å². The molecule has 0 aliphatic heterocycles. The highest BCUT2D eigenvalue weighted by atomic mass is 16.5. The third kappa shape index (κ3) is 3.20. The summed E-state index contributed by atoms with van der Waals surface area (Å²) in [6, 6.07) is 2.06. The van der Waals surface area contributed by atoms with E-state index in [0.717, 1.165) is 12.2 Å². The van der Waals surface area contributed by atoms with Crippen molar-refractivity contribution in [3.05, 3.63) is 28.3 Å². The van der Waals surface area contributed by atoms with E-state index in [2.05, 4.69) is 26.8 Å². The molecule has 3 nitrogen and oxygen atoms in total. The Morgan fingerprint density at radius 3 is 2.47 bits per heavy atom. The van der Waals surface area contributed by atoms with E-state index in [0.29, 0.717) is 13.0 Å². The predicted molar refractivity (Wildman–Crippen MR) is 70.6 cm³/mol. The Kier molecular flexibility index (Phi) is 4.97. The number of aryl methyl sites for hydroxylation is 1. The first-order valence-electron chi connectivity index (χ1n) is 6.03. The molecule has 0 aliphatic carbocycles. The maximum absolute atomic E-state index is 9.52. The highest BCUT2D eigenvalue weighted by Crippen LogP contribution is 2.28. The van der Waals surface area contributed by atoms with Gasteiger partial charge in [-0.25, -0.2) is 0 Å². The van der Waals surface area contributed by atoms with Crippen molar-refractivity contribution in [2.24, 2.45) is 5.73 Å². The van der Waals surface area contributed by atoms with Crippen molar-refractivity contribution in [1.29, 1.82) is 0 Å². The quantitative estimate of drug-likeness (QED) is 0.822. The second-order valence-corrected chi connectivity index (χ2v) is 4.55. The lowest BCUT2D eigenvalue weighted by Gasteiger charge is -2.17. The number of hydrogen-bond donors (Lipinski definition) is 2. The zero-order valence-electron chi connectivity index (χ0n) is 11.2. The summed E-state index contributed by atoms with van der Waals surface area (Å²) in [6.07, 6.45) is 1.17. The number of methoxy groups -OCH3 is 1. The molecule has 1 aromatic rings. The van der Waals surface area contributed by atoms with Gasteiger partial charge in [-0.1, -0.05) is 0 Å². The van der Waals surface area contributed by atoms with Crippen LogP contribution < -0.4 is 10.5 Å². The van der Waals surface area contributed by atoms with Gasteiger partial charge in [-0.2, -0.15) is 0 Å². The Hall–Kier alpha value is -1.06. The summed E-state index contributed by atoms with van der Waals surface area (Å²) in [5, 5.41) is 9.52. The van der Waals surface area contributed by atoms with E-state index < -0.39 is 6.10 Å². The fraction of sp³-hybridized carbons (Fsp3) is 0.571. The maximum atomic E-state index is 9.52. The molecule has 96 valence electrons. The molecule has 0 aromatic heterocycles. The topological polar surface area (TPSA) is 55.5 Å². The number of rotatable bonds is 5. The minimum Gasteiger partial charge on any atom is -0.496 e. The van der Waals surface area contributed by atoms with E-state index in [1.807, 2.05) is 0 Å². The summed E-state index contributed by atoms with van der Waals surface area (Å²) in [4.78, 5) is 0. The van der Waals surface area contributed by atoms with Crippen LogP contribution in [0.5, 0.6) is 5.75 Å². The number of benzene rings is 1. The van der Waals surface area contributed by atoms with Crippen LogP contribution >= 0.6 is 0 Å². The standard InChI is InChI=1S/C14H23NO2/c1-9-7-14(17-4)11(3)10(2)13(9)6-5-12(16)8-15/h7,12,16H,5-6,8,15H2,1-4H3. The zero-order chi connectivity index (χ0) is 13.0. The Morgan fingerprint density at radius 2 is 1.94 bits per heavy atom. The van der Waals surface area contributed by atoms with Gasteiger partial charge in [0.15, 0.2) is 0 Å². The summed E-state index contributed by atoms with van der Waals surface area (Å²) in [5.41, 5.74) is 10.4. The first-order valence-corrected chi connectivity index (χ1v) is 6.03. The lowest BCUT2D eigenvalue weighted by atomic mass is 9.93. The molecule has 0 saturated carbocycles. The van der Waals surface area contributed by atoms with Crippen LogP contribution in [-0.4, -0.2) is 24.9 Å². The van der Waals surface area contributed by atoms with Gasteiger partial charge in [-0.3, -0.25) is 0 Å². The van der Waals surface area contributed by atoms with Crippen molar-refractivity contribution in [3.63, 3.8) is 0 Å². The van der Waals surface area contributed by atoms with E-state index in [1.54, 1.807) is 7.11 Å². The number of hydrogen-bond acceptors (Lipinski definition) is 3. The van der Waals surface area contributed by atoms with Gasteiger partial charge in [-0.15, -0.1) is 0 Å². The minimum atomic E-state index is -0.406. The molecule has 1 unspecified atom stereocenters. The molecule has 0 radical (unpaired) electrons. The van der Waals surface area contributed by atoms with Crippen LogP contribution in [0.2, 0.25) is 0 Å². The first-order chi connectivity index (χ1) is 8.01. The SMILES string of the molecule is COc1cc(C)c(CCC(O)CN)c(C)c1C. The largest absolute Gasteiger partial charge is 0.496 e. The second-order valence-electron chi connectivity index (χ2n) is 4.55. The van der Waals surface area contributed by atoms with Crippen LogP contribution in [0.25, 0.3) is 0 Å². The number of nitrogens with two attached hydrogens (primary N) is 1. The molecular weight excluding hydrogens is 214 g/mol. The Balaban J connectivity index is 2.96.